The Labute approximate surface area is 77.8 Å². The molecule has 0 aromatic rings. The molecular formula is C6H8Cl2F4. The van der Waals surface area contributed by atoms with Crippen LogP contribution in [-0.2, 0) is 0 Å². The zero-order valence-electron chi connectivity index (χ0n) is 6.26. The Kier molecular flexibility index (Phi) is 4.11. The van der Waals surface area contributed by atoms with E-state index >= 15 is 0 Å². The minimum atomic E-state index is -5.11. The van der Waals surface area contributed by atoms with Crippen molar-refractivity contribution >= 4 is 23.2 Å². The Balaban J connectivity index is 4.38. The standard InChI is InChI=1S/C6H8Cl2F4/c1-2-3-4(7)5(8,9)6(10,11)12/h4H,2-3H2,1H3. The van der Waals surface area contributed by atoms with E-state index in [-0.39, 0.29) is 6.42 Å². The zero-order chi connectivity index (χ0) is 9.99. The topological polar surface area (TPSA) is 0 Å². The molecule has 0 aromatic carbocycles. The number of hydrogen-bond acceptors (Lipinski definition) is 0. The van der Waals surface area contributed by atoms with Crippen LogP contribution in [0.4, 0.5) is 17.6 Å². The maximum atomic E-state index is 12.7. The molecule has 12 heavy (non-hydrogen) atoms. The third-order valence-corrected chi connectivity index (χ3v) is 2.42. The lowest BCUT2D eigenvalue weighted by Crippen LogP contribution is -2.43. The summed E-state index contributed by atoms with van der Waals surface area (Å²) in [6.07, 6.45) is -4.88. The van der Waals surface area contributed by atoms with E-state index in [0.29, 0.717) is 6.42 Å². The van der Waals surface area contributed by atoms with Gasteiger partial charge in [0, 0.05) is 0 Å². The fourth-order valence-corrected chi connectivity index (χ4v) is 1.06. The average molecular weight is 227 g/mol. The highest BCUT2D eigenvalue weighted by atomic mass is 35.5. The fraction of sp³-hybridized carbons (Fsp3) is 1.00. The first-order valence-electron chi connectivity index (χ1n) is 3.32. The molecule has 2 atom stereocenters. The van der Waals surface area contributed by atoms with Crippen molar-refractivity contribution < 1.29 is 17.6 Å². The third-order valence-electron chi connectivity index (χ3n) is 1.31. The number of hydrogen-bond donors (Lipinski definition) is 0. The Morgan fingerprint density at radius 2 is 1.67 bits per heavy atom. The summed E-state index contributed by atoms with van der Waals surface area (Å²) in [6.45, 7) is 1.60. The number of rotatable bonds is 3. The van der Waals surface area contributed by atoms with Gasteiger partial charge >= 0.3 is 6.18 Å². The van der Waals surface area contributed by atoms with Gasteiger partial charge in [0.05, 0.1) is 5.38 Å². The molecule has 0 radical (unpaired) electrons. The van der Waals surface area contributed by atoms with Crippen LogP contribution in [0.3, 0.4) is 0 Å². The normalized spacial score (nSPS) is 20.2. The Bertz CT molecular complexity index is 143. The van der Waals surface area contributed by atoms with Gasteiger partial charge in [-0.1, -0.05) is 24.9 Å². The fourth-order valence-electron chi connectivity index (χ4n) is 0.612. The summed E-state index contributed by atoms with van der Waals surface area (Å²) in [5.41, 5.74) is 0. The quantitative estimate of drug-likeness (QED) is 0.507. The highest BCUT2D eigenvalue weighted by molar-refractivity contribution is 6.32. The van der Waals surface area contributed by atoms with Crippen LogP contribution < -0.4 is 0 Å². The first-order valence-corrected chi connectivity index (χ1v) is 4.13. The molecule has 0 aliphatic heterocycles. The molecule has 0 N–H and O–H groups in total. The van der Waals surface area contributed by atoms with Gasteiger partial charge in [-0.3, -0.25) is 0 Å². The van der Waals surface area contributed by atoms with Crippen molar-refractivity contribution in [1.82, 2.24) is 0 Å². The molecule has 0 aliphatic carbocycles. The van der Waals surface area contributed by atoms with Crippen LogP contribution >= 0.6 is 23.2 Å². The van der Waals surface area contributed by atoms with Crippen molar-refractivity contribution in [2.45, 2.75) is 36.4 Å². The third kappa shape index (κ3) is 2.66. The van der Waals surface area contributed by atoms with Gasteiger partial charge < -0.3 is 0 Å². The molecule has 0 saturated carbocycles. The molecule has 0 fully saturated rings. The van der Waals surface area contributed by atoms with Gasteiger partial charge in [-0.15, -0.1) is 11.6 Å². The first-order chi connectivity index (χ1) is 5.23. The second-order valence-electron chi connectivity index (χ2n) is 2.38. The van der Waals surface area contributed by atoms with Crippen LogP contribution in [0.15, 0.2) is 0 Å². The summed E-state index contributed by atoms with van der Waals surface area (Å²) in [5, 5.41) is -5.55. The molecule has 0 amide bonds. The van der Waals surface area contributed by atoms with E-state index in [9.17, 15) is 17.6 Å². The molecule has 6 heteroatoms. The molecule has 0 bridgehead atoms. The largest absolute Gasteiger partial charge is 0.438 e. The van der Waals surface area contributed by atoms with Crippen LogP contribution in [0, 0.1) is 0 Å². The van der Waals surface area contributed by atoms with E-state index in [4.69, 9.17) is 11.6 Å². The molecule has 0 saturated heterocycles. The van der Waals surface area contributed by atoms with E-state index < -0.39 is 16.7 Å². The second kappa shape index (κ2) is 4.01. The van der Waals surface area contributed by atoms with E-state index in [2.05, 4.69) is 11.6 Å². The van der Waals surface area contributed by atoms with Crippen molar-refractivity contribution in [2.24, 2.45) is 0 Å². The first kappa shape index (κ1) is 12.3. The predicted octanol–water partition coefficient (Wildman–Crippen LogP) is 3.86. The summed E-state index contributed by atoms with van der Waals surface area (Å²) in [5.74, 6) is 0. The van der Waals surface area contributed by atoms with E-state index in [1.807, 2.05) is 0 Å². The Morgan fingerprint density at radius 1 is 1.25 bits per heavy atom. The lowest BCUT2D eigenvalue weighted by Gasteiger charge is -2.25. The van der Waals surface area contributed by atoms with Gasteiger partial charge in [0.15, 0.2) is 0 Å². The summed E-state index contributed by atoms with van der Waals surface area (Å²) in [4.78, 5) is 0. The molecular weight excluding hydrogens is 219 g/mol. The summed E-state index contributed by atoms with van der Waals surface area (Å²) < 4.78 is 48.1. The lowest BCUT2D eigenvalue weighted by atomic mass is 10.1. The highest BCUT2D eigenvalue weighted by Crippen LogP contribution is 2.43. The number of alkyl halides is 6. The Morgan fingerprint density at radius 3 is 1.92 bits per heavy atom. The molecule has 2 unspecified atom stereocenters. The van der Waals surface area contributed by atoms with Crippen LogP contribution in [0.5, 0.6) is 0 Å². The summed E-state index contributed by atoms with van der Waals surface area (Å²) in [7, 11) is 0. The van der Waals surface area contributed by atoms with Crippen molar-refractivity contribution in [1.29, 1.82) is 0 Å². The summed E-state index contributed by atoms with van der Waals surface area (Å²) in [6, 6.07) is 0. The van der Waals surface area contributed by atoms with Crippen molar-refractivity contribution in [3.63, 3.8) is 0 Å². The summed E-state index contributed by atoms with van der Waals surface area (Å²) >= 11 is 9.75. The van der Waals surface area contributed by atoms with E-state index in [1.54, 1.807) is 6.92 Å². The molecule has 74 valence electrons. The minimum Gasteiger partial charge on any atom is -0.214 e. The van der Waals surface area contributed by atoms with Gasteiger partial charge in [0.1, 0.15) is 0 Å². The monoisotopic (exact) mass is 226 g/mol. The van der Waals surface area contributed by atoms with Crippen molar-refractivity contribution in [3.05, 3.63) is 0 Å². The molecule has 0 spiro atoms. The SMILES string of the molecule is CCCC(Cl)C(F)(Cl)C(F)(F)F. The van der Waals surface area contributed by atoms with Crippen LogP contribution in [-0.4, -0.2) is 16.7 Å². The van der Waals surface area contributed by atoms with Gasteiger partial charge in [0.2, 0.25) is 0 Å². The Hall–Kier alpha value is 0.300. The van der Waals surface area contributed by atoms with Crippen molar-refractivity contribution in [2.75, 3.05) is 0 Å². The molecule has 0 rings (SSSR count). The maximum absolute atomic E-state index is 12.7. The molecule has 0 aromatic heterocycles. The van der Waals surface area contributed by atoms with Gasteiger partial charge in [-0.25, -0.2) is 4.39 Å². The van der Waals surface area contributed by atoms with Crippen molar-refractivity contribution in [3.8, 4) is 0 Å². The zero-order valence-corrected chi connectivity index (χ0v) is 7.77. The molecule has 0 heterocycles. The van der Waals surface area contributed by atoms with E-state index in [0.717, 1.165) is 0 Å². The number of halogens is 6. The smallest absolute Gasteiger partial charge is 0.214 e. The molecule has 0 aliphatic rings. The second-order valence-corrected chi connectivity index (χ2v) is 3.45. The highest BCUT2D eigenvalue weighted by Gasteiger charge is 2.59. The molecule has 0 nitrogen and oxygen atoms in total. The predicted molar refractivity (Wildman–Crippen MR) is 40.3 cm³/mol. The average Bonchev–Trinajstić information content (AvgIpc) is 1.85. The maximum Gasteiger partial charge on any atom is 0.438 e. The van der Waals surface area contributed by atoms with Gasteiger partial charge in [0.25, 0.3) is 5.13 Å². The minimum absolute atomic E-state index is 0.110. The van der Waals surface area contributed by atoms with Crippen LogP contribution in [0.1, 0.15) is 19.8 Å². The van der Waals surface area contributed by atoms with Crippen LogP contribution in [0.25, 0.3) is 0 Å². The lowest BCUT2D eigenvalue weighted by molar-refractivity contribution is -0.198. The van der Waals surface area contributed by atoms with Crippen LogP contribution in [0.2, 0.25) is 0 Å². The van der Waals surface area contributed by atoms with E-state index in [1.165, 1.54) is 0 Å². The van der Waals surface area contributed by atoms with Gasteiger partial charge in [-0.05, 0) is 6.42 Å². The van der Waals surface area contributed by atoms with Gasteiger partial charge in [-0.2, -0.15) is 13.2 Å².